The predicted octanol–water partition coefficient (Wildman–Crippen LogP) is 1.81. The molecule has 0 spiro atoms. The molecule has 1 aliphatic rings. The molecule has 5 heteroatoms. The minimum atomic E-state index is -0.385. The summed E-state index contributed by atoms with van der Waals surface area (Å²) in [5.74, 6) is 0. The average molecular weight is 278 g/mol. The molecule has 0 radical (unpaired) electrons. The monoisotopic (exact) mass is 278 g/mol. The number of amides is 1. The second-order valence-corrected chi connectivity index (χ2v) is 5.15. The number of ether oxygens (including phenoxy) is 2. The van der Waals surface area contributed by atoms with Crippen LogP contribution in [0.1, 0.15) is 24.8 Å². The number of nitrogens with two attached hydrogens (primary N) is 1. The second kappa shape index (κ2) is 7.26. The Morgan fingerprint density at radius 3 is 2.80 bits per heavy atom. The van der Waals surface area contributed by atoms with Crippen LogP contribution in [-0.2, 0) is 16.1 Å². The number of benzene rings is 1. The summed E-state index contributed by atoms with van der Waals surface area (Å²) in [6.07, 6.45) is 2.06. The van der Waals surface area contributed by atoms with Gasteiger partial charge in [0.05, 0.1) is 6.10 Å². The summed E-state index contributed by atoms with van der Waals surface area (Å²) in [6, 6.07) is 9.74. The highest BCUT2D eigenvalue weighted by atomic mass is 16.5. The van der Waals surface area contributed by atoms with E-state index in [9.17, 15) is 4.79 Å². The van der Waals surface area contributed by atoms with Gasteiger partial charge < -0.3 is 20.5 Å². The lowest BCUT2D eigenvalue weighted by molar-refractivity contribution is 0.0413. The fraction of sp³-hybridized carbons (Fsp3) is 0.533. The van der Waals surface area contributed by atoms with E-state index in [-0.39, 0.29) is 30.9 Å². The van der Waals surface area contributed by atoms with Crippen LogP contribution in [0.25, 0.3) is 0 Å². The first-order chi connectivity index (χ1) is 9.69. The topological polar surface area (TPSA) is 73.6 Å². The summed E-state index contributed by atoms with van der Waals surface area (Å²) in [6.45, 7) is 0.284. The van der Waals surface area contributed by atoms with Gasteiger partial charge in [-0.05, 0) is 24.8 Å². The summed E-state index contributed by atoms with van der Waals surface area (Å²) < 4.78 is 10.5. The van der Waals surface area contributed by atoms with E-state index in [0.717, 1.165) is 24.8 Å². The summed E-state index contributed by atoms with van der Waals surface area (Å²) >= 11 is 0. The fourth-order valence-electron chi connectivity index (χ4n) is 2.49. The van der Waals surface area contributed by atoms with Crippen LogP contribution in [0.2, 0.25) is 0 Å². The molecule has 2 rings (SSSR count). The van der Waals surface area contributed by atoms with E-state index in [4.69, 9.17) is 15.2 Å². The number of hydrogen-bond acceptors (Lipinski definition) is 4. The van der Waals surface area contributed by atoms with Crippen molar-refractivity contribution in [3.63, 3.8) is 0 Å². The third kappa shape index (κ3) is 4.21. The third-order valence-corrected chi connectivity index (χ3v) is 3.68. The number of nitrogens with one attached hydrogen (secondary N) is 1. The molecule has 1 aromatic carbocycles. The summed E-state index contributed by atoms with van der Waals surface area (Å²) in [5.41, 5.74) is 6.92. The summed E-state index contributed by atoms with van der Waals surface area (Å²) in [7, 11) is 1.65. The van der Waals surface area contributed by atoms with E-state index >= 15 is 0 Å². The molecule has 1 aromatic rings. The van der Waals surface area contributed by atoms with Gasteiger partial charge in [-0.25, -0.2) is 4.79 Å². The van der Waals surface area contributed by atoms with Gasteiger partial charge >= 0.3 is 6.09 Å². The molecule has 110 valence electrons. The van der Waals surface area contributed by atoms with Crippen LogP contribution in [0, 0.1) is 0 Å². The van der Waals surface area contributed by atoms with Crippen LogP contribution in [0.4, 0.5) is 4.79 Å². The van der Waals surface area contributed by atoms with Gasteiger partial charge in [0.25, 0.3) is 0 Å². The largest absolute Gasteiger partial charge is 0.445 e. The quantitative estimate of drug-likeness (QED) is 0.881. The predicted molar refractivity (Wildman–Crippen MR) is 76.2 cm³/mol. The molecule has 0 bridgehead atoms. The molecule has 0 saturated heterocycles. The standard InChI is InChI=1S/C15H22N2O3/c1-19-14-9-12(7-8-13(14)16)17-15(18)20-10-11-5-3-2-4-6-11/h2-6,12-14H,7-10,16H2,1H3,(H,17,18)/t12-,13-,14+/m1/s1. The van der Waals surface area contributed by atoms with Crippen molar-refractivity contribution in [3.8, 4) is 0 Å². The Kier molecular flexibility index (Phi) is 5.38. The summed E-state index contributed by atoms with van der Waals surface area (Å²) in [5, 5.41) is 2.88. The molecule has 3 N–H and O–H groups in total. The first-order valence-corrected chi connectivity index (χ1v) is 6.94. The van der Waals surface area contributed by atoms with Crippen molar-refractivity contribution in [2.24, 2.45) is 5.73 Å². The number of carbonyl (C=O) groups is 1. The van der Waals surface area contributed by atoms with E-state index < -0.39 is 0 Å². The lowest BCUT2D eigenvalue weighted by Gasteiger charge is -2.33. The van der Waals surface area contributed by atoms with E-state index in [0.29, 0.717) is 0 Å². The summed E-state index contributed by atoms with van der Waals surface area (Å²) in [4.78, 5) is 11.8. The third-order valence-electron chi connectivity index (χ3n) is 3.68. The van der Waals surface area contributed by atoms with Gasteiger partial charge in [0.15, 0.2) is 0 Å². The van der Waals surface area contributed by atoms with Crippen LogP contribution in [0.3, 0.4) is 0 Å². The Hall–Kier alpha value is -1.59. The SMILES string of the molecule is CO[C@H]1C[C@H](NC(=O)OCc2ccccc2)CC[C@H]1N. The molecule has 3 atom stereocenters. The maximum absolute atomic E-state index is 11.8. The first-order valence-electron chi connectivity index (χ1n) is 6.94. The maximum Gasteiger partial charge on any atom is 0.407 e. The Morgan fingerprint density at radius 2 is 2.10 bits per heavy atom. The minimum absolute atomic E-state index is 0.00294. The zero-order valence-corrected chi connectivity index (χ0v) is 11.7. The van der Waals surface area contributed by atoms with Gasteiger partial charge in [0.2, 0.25) is 0 Å². The van der Waals surface area contributed by atoms with Crippen molar-refractivity contribution in [1.82, 2.24) is 5.32 Å². The van der Waals surface area contributed by atoms with Crippen molar-refractivity contribution in [3.05, 3.63) is 35.9 Å². The lowest BCUT2D eigenvalue weighted by atomic mass is 9.89. The van der Waals surface area contributed by atoms with E-state index in [1.807, 2.05) is 30.3 Å². The number of methoxy groups -OCH3 is 1. The van der Waals surface area contributed by atoms with E-state index in [2.05, 4.69) is 5.32 Å². The van der Waals surface area contributed by atoms with Crippen molar-refractivity contribution in [1.29, 1.82) is 0 Å². The molecule has 0 aromatic heterocycles. The average Bonchev–Trinajstić information content (AvgIpc) is 2.48. The maximum atomic E-state index is 11.8. The van der Waals surface area contributed by atoms with Gasteiger partial charge in [-0.2, -0.15) is 0 Å². The number of rotatable bonds is 4. The van der Waals surface area contributed by atoms with Crippen LogP contribution in [-0.4, -0.2) is 31.4 Å². The molecule has 1 fully saturated rings. The number of carbonyl (C=O) groups excluding carboxylic acids is 1. The van der Waals surface area contributed by atoms with Gasteiger partial charge in [0.1, 0.15) is 6.61 Å². The van der Waals surface area contributed by atoms with Gasteiger partial charge in [-0.3, -0.25) is 0 Å². The van der Waals surface area contributed by atoms with Crippen molar-refractivity contribution in [2.75, 3.05) is 7.11 Å². The highest BCUT2D eigenvalue weighted by Crippen LogP contribution is 2.20. The molecule has 0 heterocycles. The molecule has 0 aliphatic heterocycles. The molecule has 1 saturated carbocycles. The normalized spacial score (nSPS) is 26.0. The Bertz CT molecular complexity index is 424. The molecule has 0 unspecified atom stereocenters. The smallest absolute Gasteiger partial charge is 0.407 e. The van der Waals surface area contributed by atoms with Crippen LogP contribution >= 0.6 is 0 Å². The number of alkyl carbamates (subject to hydrolysis) is 1. The molecule has 20 heavy (non-hydrogen) atoms. The lowest BCUT2D eigenvalue weighted by Crippen LogP contribution is -2.48. The Labute approximate surface area is 119 Å². The highest BCUT2D eigenvalue weighted by Gasteiger charge is 2.29. The fourth-order valence-corrected chi connectivity index (χ4v) is 2.49. The zero-order valence-electron chi connectivity index (χ0n) is 11.7. The van der Waals surface area contributed by atoms with Crippen LogP contribution in [0.5, 0.6) is 0 Å². The Morgan fingerprint density at radius 1 is 1.35 bits per heavy atom. The molecule has 1 amide bonds. The van der Waals surface area contributed by atoms with Crippen molar-refractivity contribution < 1.29 is 14.3 Å². The number of hydrogen-bond donors (Lipinski definition) is 2. The van der Waals surface area contributed by atoms with Gasteiger partial charge in [0, 0.05) is 19.2 Å². The minimum Gasteiger partial charge on any atom is -0.445 e. The van der Waals surface area contributed by atoms with E-state index in [1.165, 1.54) is 0 Å². The molecule has 5 nitrogen and oxygen atoms in total. The zero-order chi connectivity index (χ0) is 14.4. The van der Waals surface area contributed by atoms with Crippen LogP contribution < -0.4 is 11.1 Å². The van der Waals surface area contributed by atoms with E-state index in [1.54, 1.807) is 7.11 Å². The molecular formula is C15H22N2O3. The van der Waals surface area contributed by atoms with Gasteiger partial charge in [-0.15, -0.1) is 0 Å². The second-order valence-electron chi connectivity index (χ2n) is 5.15. The van der Waals surface area contributed by atoms with Crippen molar-refractivity contribution >= 4 is 6.09 Å². The highest BCUT2D eigenvalue weighted by molar-refractivity contribution is 5.67. The Balaban J connectivity index is 1.74. The van der Waals surface area contributed by atoms with Crippen LogP contribution in [0.15, 0.2) is 30.3 Å². The van der Waals surface area contributed by atoms with Gasteiger partial charge in [-0.1, -0.05) is 30.3 Å². The first kappa shape index (κ1) is 14.8. The molecular weight excluding hydrogens is 256 g/mol. The molecule has 1 aliphatic carbocycles. The van der Waals surface area contributed by atoms with Crippen molar-refractivity contribution in [2.45, 2.75) is 44.1 Å².